The van der Waals surface area contributed by atoms with E-state index in [0.717, 1.165) is 0 Å². The molecule has 2 aromatic heterocycles. The number of hydrogen-bond donors (Lipinski definition) is 4. The van der Waals surface area contributed by atoms with Gasteiger partial charge >= 0.3 is 5.69 Å². The summed E-state index contributed by atoms with van der Waals surface area (Å²) in [4.78, 5) is 28.8. The molecule has 4 aromatic rings. The molecule has 0 atom stereocenters. The molecule has 130 valence electrons. The van der Waals surface area contributed by atoms with Crippen molar-refractivity contribution in [2.24, 2.45) is 17.3 Å². The van der Waals surface area contributed by atoms with Gasteiger partial charge in [-0.2, -0.15) is 0 Å². The van der Waals surface area contributed by atoms with E-state index in [0.29, 0.717) is 21.9 Å². The van der Waals surface area contributed by atoms with Crippen LogP contribution in [0.4, 0.5) is 11.4 Å². The van der Waals surface area contributed by atoms with E-state index in [1.807, 2.05) is 0 Å². The number of aromatic amines is 2. The van der Waals surface area contributed by atoms with Crippen molar-refractivity contribution in [2.75, 3.05) is 0 Å². The number of hydrogen-bond acceptors (Lipinski definition) is 6. The number of nitrogens with zero attached hydrogens (tertiary/aromatic N) is 3. The fourth-order valence-electron chi connectivity index (χ4n) is 2.80. The van der Waals surface area contributed by atoms with Crippen molar-refractivity contribution in [3.63, 3.8) is 0 Å². The highest BCUT2D eigenvalue weighted by Gasteiger charge is 2.14. The number of aryl methyl sites for hydroxylation is 1. The fraction of sp³-hybridized carbons (Fsp3) is 0.0588. The first-order chi connectivity index (χ1) is 12.5. The lowest BCUT2D eigenvalue weighted by atomic mass is 10.2. The standard InChI is InChI=1S/C17H13N5O4/c1-22-12-5-3-2-4-8(12)15(24)14(16(22)25)21-20-11-6-9-10(7-13(11)23)19-17(26)18-9/h2-7,23-24H,1H3,(H2,18,19,26). The number of aromatic hydroxyl groups is 2. The van der Waals surface area contributed by atoms with E-state index in [2.05, 4.69) is 20.2 Å². The number of fused-ring (bicyclic) bond motifs is 2. The molecule has 0 spiro atoms. The van der Waals surface area contributed by atoms with Gasteiger partial charge in [-0.25, -0.2) is 4.79 Å². The molecule has 9 heteroatoms. The van der Waals surface area contributed by atoms with Gasteiger partial charge in [0, 0.05) is 18.5 Å². The predicted octanol–water partition coefficient (Wildman–Crippen LogP) is 2.53. The molecule has 0 unspecified atom stereocenters. The number of para-hydroxylation sites is 1. The normalized spacial score (nSPS) is 11.7. The molecule has 0 aliphatic heterocycles. The third kappa shape index (κ3) is 2.34. The van der Waals surface area contributed by atoms with Crippen molar-refractivity contribution in [2.45, 2.75) is 0 Å². The van der Waals surface area contributed by atoms with Gasteiger partial charge in [0.25, 0.3) is 5.56 Å². The number of phenolic OH excluding ortho intramolecular Hbond substituents is 1. The highest BCUT2D eigenvalue weighted by Crippen LogP contribution is 2.34. The van der Waals surface area contributed by atoms with Gasteiger partial charge in [-0.3, -0.25) is 4.79 Å². The second-order valence-electron chi connectivity index (χ2n) is 5.74. The number of imidazole rings is 1. The van der Waals surface area contributed by atoms with Gasteiger partial charge in [-0.05, 0) is 18.2 Å². The van der Waals surface area contributed by atoms with Gasteiger partial charge in [0.1, 0.15) is 11.4 Å². The Morgan fingerprint density at radius 2 is 1.69 bits per heavy atom. The van der Waals surface area contributed by atoms with Crippen molar-refractivity contribution in [1.29, 1.82) is 0 Å². The first-order valence-electron chi connectivity index (χ1n) is 7.63. The number of benzene rings is 2. The maximum absolute atomic E-state index is 12.5. The molecular weight excluding hydrogens is 338 g/mol. The summed E-state index contributed by atoms with van der Waals surface area (Å²) in [6.07, 6.45) is 0. The summed E-state index contributed by atoms with van der Waals surface area (Å²) in [6.45, 7) is 0. The number of pyridine rings is 1. The monoisotopic (exact) mass is 351 g/mol. The van der Waals surface area contributed by atoms with E-state index in [9.17, 15) is 19.8 Å². The number of azo groups is 1. The van der Waals surface area contributed by atoms with Crippen LogP contribution >= 0.6 is 0 Å². The average molecular weight is 351 g/mol. The fourth-order valence-corrected chi connectivity index (χ4v) is 2.80. The number of H-pyrrole nitrogens is 2. The minimum absolute atomic E-state index is 0.0439. The molecule has 4 rings (SSSR count). The van der Waals surface area contributed by atoms with E-state index < -0.39 is 11.2 Å². The number of aromatic nitrogens is 3. The van der Waals surface area contributed by atoms with Crippen LogP contribution in [0.15, 0.2) is 56.2 Å². The molecule has 2 heterocycles. The highest BCUT2D eigenvalue weighted by molar-refractivity contribution is 5.89. The van der Waals surface area contributed by atoms with Gasteiger partial charge in [0.05, 0.1) is 16.6 Å². The van der Waals surface area contributed by atoms with Crippen LogP contribution in [0.1, 0.15) is 0 Å². The maximum atomic E-state index is 12.5. The van der Waals surface area contributed by atoms with Crippen LogP contribution in [-0.2, 0) is 7.05 Å². The average Bonchev–Trinajstić information content (AvgIpc) is 2.98. The smallest absolute Gasteiger partial charge is 0.323 e. The summed E-state index contributed by atoms with van der Waals surface area (Å²) in [5, 5.41) is 28.6. The van der Waals surface area contributed by atoms with Gasteiger partial charge in [-0.15, -0.1) is 10.2 Å². The first kappa shape index (κ1) is 15.6. The van der Waals surface area contributed by atoms with Crippen LogP contribution in [0.3, 0.4) is 0 Å². The molecule has 26 heavy (non-hydrogen) atoms. The van der Waals surface area contributed by atoms with Gasteiger partial charge < -0.3 is 24.7 Å². The quantitative estimate of drug-likeness (QED) is 0.413. The zero-order chi connectivity index (χ0) is 18.4. The van der Waals surface area contributed by atoms with Crippen LogP contribution < -0.4 is 11.2 Å². The zero-order valence-corrected chi connectivity index (χ0v) is 13.5. The Labute approximate surface area is 144 Å². The van der Waals surface area contributed by atoms with E-state index in [1.54, 1.807) is 31.3 Å². The second-order valence-corrected chi connectivity index (χ2v) is 5.74. The lowest BCUT2D eigenvalue weighted by molar-refractivity contribution is 0.475. The SMILES string of the molecule is Cn1c(=O)c(N=Nc2cc3[nH]c(=O)[nH]c3cc2O)c(O)c2ccccc21. The lowest BCUT2D eigenvalue weighted by Crippen LogP contribution is -2.16. The largest absolute Gasteiger partial charge is 0.506 e. The van der Waals surface area contributed by atoms with Gasteiger partial charge in [0.15, 0.2) is 11.4 Å². The maximum Gasteiger partial charge on any atom is 0.323 e. The van der Waals surface area contributed by atoms with Crippen LogP contribution in [0.5, 0.6) is 11.5 Å². The Morgan fingerprint density at radius 1 is 1.00 bits per heavy atom. The zero-order valence-electron chi connectivity index (χ0n) is 13.5. The van der Waals surface area contributed by atoms with E-state index in [1.165, 1.54) is 16.7 Å². The lowest BCUT2D eigenvalue weighted by Gasteiger charge is -2.08. The van der Waals surface area contributed by atoms with Gasteiger partial charge in [-0.1, -0.05) is 12.1 Å². The predicted molar refractivity (Wildman–Crippen MR) is 95.6 cm³/mol. The summed E-state index contributed by atoms with van der Waals surface area (Å²) in [6, 6.07) is 9.59. The topological polar surface area (TPSA) is 136 Å². The molecule has 0 fully saturated rings. The molecule has 0 bridgehead atoms. The Hall–Kier alpha value is -3.88. The minimum Gasteiger partial charge on any atom is -0.506 e. The Kier molecular flexibility index (Phi) is 3.36. The molecule has 0 aliphatic rings. The van der Waals surface area contributed by atoms with E-state index in [-0.39, 0.29) is 22.9 Å². The summed E-state index contributed by atoms with van der Waals surface area (Å²) in [7, 11) is 1.57. The highest BCUT2D eigenvalue weighted by atomic mass is 16.3. The van der Waals surface area contributed by atoms with Crippen LogP contribution in [0, 0.1) is 0 Å². The van der Waals surface area contributed by atoms with Crippen LogP contribution in [-0.4, -0.2) is 24.7 Å². The first-order valence-corrected chi connectivity index (χ1v) is 7.63. The molecule has 9 nitrogen and oxygen atoms in total. The Bertz CT molecular complexity index is 1310. The third-order valence-corrected chi connectivity index (χ3v) is 4.12. The van der Waals surface area contributed by atoms with Crippen molar-refractivity contribution in [3.05, 3.63) is 57.2 Å². The second kappa shape index (κ2) is 5.59. The van der Waals surface area contributed by atoms with E-state index >= 15 is 0 Å². The molecule has 0 radical (unpaired) electrons. The van der Waals surface area contributed by atoms with Crippen molar-refractivity contribution in [1.82, 2.24) is 14.5 Å². The van der Waals surface area contributed by atoms with Crippen LogP contribution in [0.25, 0.3) is 21.9 Å². The Balaban J connectivity index is 1.88. The van der Waals surface area contributed by atoms with Crippen molar-refractivity contribution >= 4 is 33.3 Å². The van der Waals surface area contributed by atoms with Crippen LogP contribution in [0.2, 0.25) is 0 Å². The summed E-state index contributed by atoms with van der Waals surface area (Å²) < 4.78 is 1.36. The minimum atomic E-state index is -0.527. The molecule has 0 aliphatic carbocycles. The molecule has 0 saturated carbocycles. The number of rotatable bonds is 2. The number of nitrogens with one attached hydrogen (secondary N) is 2. The molecule has 0 saturated heterocycles. The van der Waals surface area contributed by atoms with Gasteiger partial charge in [0.2, 0.25) is 0 Å². The molecule has 2 aromatic carbocycles. The molecule has 0 amide bonds. The number of phenols is 1. The molecule has 4 N–H and O–H groups in total. The van der Waals surface area contributed by atoms with E-state index in [4.69, 9.17) is 0 Å². The summed E-state index contributed by atoms with van der Waals surface area (Å²) in [5.74, 6) is -0.517. The summed E-state index contributed by atoms with van der Waals surface area (Å²) in [5.41, 5.74) is 0.252. The van der Waals surface area contributed by atoms with Crippen molar-refractivity contribution < 1.29 is 10.2 Å². The molecular formula is C17H13N5O4. The Morgan fingerprint density at radius 3 is 2.46 bits per heavy atom. The summed E-state index contributed by atoms with van der Waals surface area (Å²) >= 11 is 0. The van der Waals surface area contributed by atoms with Crippen molar-refractivity contribution in [3.8, 4) is 11.5 Å². The third-order valence-electron chi connectivity index (χ3n) is 4.12.